The maximum Gasteiger partial charge on any atom is 0.324 e. The Bertz CT molecular complexity index is 419. The molecule has 1 aromatic heterocycles. The highest BCUT2D eigenvalue weighted by Crippen LogP contribution is 2.16. The van der Waals surface area contributed by atoms with Crippen LogP contribution in [0.5, 0.6) is 0 Å². The van der Waals surface area contributed by atoms with Gasteiger partial charge in [0.05, 0.1) is 12.2 Å². The molecule has 2 rings (SSSR count). The van der Waals surface area contributed by atoms with E-state index in [1.54, 1.807) is 4.90 Å². The third-order valence-corrected chi connectivity index (χ3v) is 2.67. The third kappa shape index (κ3) is 1.91. The number of nitrogens with zero attached hydrogens (tertiary/aromatic N) is 2. The molecule has 0 spiro atoms. The number of aryl methyl sites for hydroxylation is 2. The summed E-state index contributed by atoms with van der Waals surface area (Å²) < 4.78 is 5.02. The number of carbonyl (C=O) groups is 2. The first-order chi connectivity index (χ1) is 7.58. The van der Waals surface area contributed by atoms with Crippen molar-refractivity contribution in [2.75, 3.05) is 6.54 Å². The zero-order valence-corrected chi connectivity index (χ0v) is 9.24. The molecule has 0 bridgehead atoms. The van der Waals surface area contributed by atoms with Gasteiger partial charge in [0.1, 0.15) is 5.76 Å². The predicted octanol–water partition coefficient (Wildman–Crippen LogP) is 0.733. The van der Waals surface area contributed by atoms with E-state index in [4.69, 9.17) is 4.52 Å². The average Bonchev–Trinajstić information content (AvgIpc) is 2.53. The number of imide groups is 1. The summed E-state index contributed by atoms with van der Waals surface area (Å²) in [5.74, 6) is 0.488. The highest BCUT2D eigenvalue weighted by molar-refractivity contribution is 5.96. The molecular formula is C10H13N3O3. The van der Waals surface area contributed by atoms with Gasteiger partial charge >= 0.3 is 6.03 Å². The quantitative estimate of drug-likeness (QED) is 0.802. The number of rotatable bonds is 2. The van der Waals surface area contributed by atoms with Gasteiger partial charge in [0, 0.05) is 18.5 Å². The molecule has 1 aromatic rings. The lowest BCUT2D eigenvalue weighted by atomic mass is 10.2. The van der Waals surface area contributed by atoms with E-state index in [9.17, 15) is 9.59 Å². The molecular weight excluding hydrogens is 210 g/mol. The van der Waals surface area contributed by atoms with E-state index >= 15 is 0 Å². The van der Waals surface area contributed by atoms with E-state index in [1.165, 1.54) is 0 Å². The van der Waals surface area contributed by atoms with Gasteiger partial charge in [-0.25, -0.2) is 4.79 Å². The van der Waals surface area contributed by atoms with Crippen molar-refractivity contribution in [1.82, 2.24) is 15.4 Å². The molecule has 0 unspecified atom stereocenters. The third-order valence-electron chi connectivity index (χ3n) is 2.67. The van der Waals surface area contributed by atoms with Gasteiger partial charge in [-0.2, -0.15) is 0 Å². The van der Waals surface area contributed by atoms with Crippen LogP contribution in [-0.2, 0) is 11.3 Å². The first-order valence-corrected chi connectivity index (χ1v) is 5.08. The van der Waals surface area contributed by atoms with E-state index in [0.29, 0.717) is 25.3 Å². The lowest BCUT2D eigenvalue weighted by molar-refractivity contribution is -0.121. The van der Waals surface area contributed by atoms with Crippen molar-refractivity contribution >= 4 is 11.9 Å². The van der Waals surface area contributed by atoms with Crippen LogP contribution in [0.25, 0.3) is 0 Å². The lowest BCUT2D eigenvalue weighted by Crippen LogP contribution is -2.48. The summed E-state index contributed by atoms with van der Waals surface area (Å²) in [4.78, 5) is 24.0. The fourth-order valence-electron chi connectivity index (χ4n) is 1.67. The van der Waals surface area contributed by atoms with Crippen LogP contribution in [0.3, 0.4) is 0 Å². The molecule has 1 aliphatic heterocycles. The number of amides is 3. The Morgan fingerprint density at radius 1 is 1.44 bits per heavy atom. The molecule has 0 radical (unpaired) electrons. The van der Waals surface area contributed by atoms with Gasteiger partial charge in [0.2, 0.25) is 5.91 Å². The number of hydrogen-bond acceptors (Lipinski definition) is 4. The second kappa shape index (κ2) is 3.96. The van der Waals surface area contributed by atoms with Crippen LogP contribution in [0, 0.1) is 13.8 Å². The maximum atomic E-state index is 11.5. The van der Waals surface area contributed by atoms with E-state index in [0.717, 1.165) is 11.3 Å². The van der Waals surface area contributed by atoms with Crippen molar-refractivity contribution < 1.29 is 14.1 Å². The van der Waals surface area contributed by atoms with Gasteiger partial charge in [-0.3, -0.25) is 10.1 Å². The summed E-state index contributed by atoms with van der Waals surface area (Å²) >= 11 is 0. The minimum absolute atomic E-state index is 0.222. The van der Waals surface area contributed by atoms with E-state index in [2.05, 4.69) is 10.5 Å². The molecule has 1 fully saturated rings. The van der Waals surface area contributed by atoms with Crippen LogP contribution in [0.2, 0.25) is 0 Å². The lowest BCUT2D eigenvalue weighted by Gasteiger charge is -2.26. The standard InChI is InChI=1S/C10H13N3O3/c1-6-8(7(2)16-12-6)5-13-4-3-9(14)11-10(13)15/h3-5H2,1-2H3,(H,11,14,15). The van der Waals surface area contributed by atoms with E-state index < -0.39 is 0 Å². The SMILES string of the molecule is Cc1noc(C)c1CN1CCC(=O)NC1=O. The molecule has 1 saturated heterocycles. The molecule has 3 amide bonds. The fourth-order valence-corrected chi connectivity index (χ4v) is 1.67. The smallest absolute Gasteiger partial charge is 0.324 e. The minimum Gasteiger partial charge on any atom is -0.361 e. The molecule has 6 heteroatoms. The highest BCUT2D eigenvalue weighted by atomic mass is 16.5. The van der Waals surface area contributed by atoms with Gasteiger partial charge in [-0.1, -0.05) is 5.16 Å². The zero-order chi connectivity index (χ0) is 11.7. The van der Waals surface area contributed by atoms with Crippen molar-refractivity contribution in [3.63, 3.8) is 0 Å². The molecule has 0 aromatic carbocycles. The Balaban J connectivity index is 2.10. The second-order valence-corrected chi connectivity index (χ2v) is 3.83. The Labute approximate surface area is 92.6 Å². The van der Waals surface area contributed by atoms with Crippen molar-refractivity contribution in [1.29, 1.82) is 0 Å². The Hall–Kier alpha value is -1.85. The molecule has 1 N–H and O–H groups in total. The summed E-state index contributed by atoms with van der Waals surface area (Å²) in [5, 5.41) is 6.10. The summed E-state index contributed by atoms with van der Waals surface area (Å²) in [6.07, 6.45) is 0.342. The monoisotopic (exact) mass is 223 g/mol. The highest BCUT2D eigenvalue weighted by Gasteiger charge is 2.24. The molecule has 6 nitrogen and oxygen atoms in total. The first-order valence-electron chi connectivity index (χ1n) is 5.08. The van der Waals surface area contributed by atoms with Gasteiger partial charge in [0.15, 0.2) is 0 Å². The van der Waals surface area contributed by atoms with Gasteiger partial charge in [0.25, 0.3) is 0 Å². The van der Waals surface area contributed by atoms with Gasteiger partial charge in [-0.05, 0) is 13.8 Å². The number of aromatic nitrogens is 1. The number of urea groups is 1. The van der Waals surface area contributed by atoms with Gasteiger partial charge in [-0.15, -0.1) is 0 Å². The van der Waals surface area contributed by atoms with Crippen molar-refractivity contribution in [2.45, 2.75) is 26.8 Å². The topological polar surface area (TPSA) is 75.4 Å². The zero-order valence-electron chi connectivity index (χ0n) is 9.24. The minimum atomic E-state index is -0.351. The van der Waals surface area contributed by atoms with E-state index in [-0.39, 0.29) is 11.9 Å². The number of carbonyl (C=O) groups excluding carboxylic acids is 2. The normalized spacial score (nSPS) is 16.5. The van der Waals surface area contributed by atoms with Crippen molar-refractivity contribution in [2.24, 2.45) is 0 Å². The van der Waals surface area contributed by atoms with Crippen molar-refractivity contribution in [3.05, 3.63) is 17.0 Å². The predicted molar refractivity (Wildman–Crippen MR) is 54.5 cm³/mol. The Morgan fingerprint density at radius 3 is 2.75 bits per heavy atom. The summed E-state index contributed by atoms with van der Waals surface area (Å²) in [6.45, 7) is 4.51. The second-order valence-electron chi connectivity index (χ2n) is 3.83. The molecule has 16 heavy (non-hydrogen) atoms. The van der Waals surface area contributed by atoms with Gasteiger partial charge < -0.3 is 9.42 Å². The van der Waals surface area contributed by atoms with Crippen molar-refractivity contribution in [3.8, 4) is 0 Å². The van der Waals surface area contributed by atoms with E-state index in [1.807, 2.05) is 13.8 Å². The molecule has 0 atom stereocenters. The van der Waals surface area contributed by atoms with Crippen LogP contribution in [-0.4, -0.2) is 28.5 Å². The summed E-state index contributed by atoms with van der Waals surface area (Å²) in [5.41, 5.74) is 1.69. The number of hydrogen-bond donors (Lipinski definition) is 1. The summed E-state index contributed by atoms with van der Waals surface area (Å²) in [6, 6.07) is -0.351. The van der Waals surface area contributed by atoms with Crippen LogP contribution in [0.1, 0.15) is 23.4 Å². The molecule has 1 aliphatic rings. The van der Waals surface area contributed by atoms with Crippen LogP contribution >= 0.6 is 0 Å². The Morgan fingerprint density at radius 2 is 2.19 bits per heavy atom. The molecule has 0 aliphatic carbocycles. The largest absolute Gasteiger partial charge is 0.361 e. The maximum absolute atomic E-state index is 11.5. The molecule has 2 heterocycles. The number of nitrogens with one attached hydrogen (secondary N) is 1. The first kappa shape index (κ1) is 10.7. The fraction of sp³-hybridized carbons (Fsp3) is 0.500. The molecule has 0 saturated carbocycles. The Kier molecular flexibility index (Phi) is 2.64. The molecule has 86 valence electrons. The van der Waals surface area contributed by atoms with Crippen LogP contribution < -0.4 is 5.32 Å². The average molecular weight is 223 g/mol. The van der Waals surface area contributed by atoms with Crippen LogP contribution in [0.4, 0.5) is 4.79 Å². The summed E-state index contributed by atoms with van der Waals surface area (Å²) in [7, 11) is 0. The van der Waals surface area contributed by atoms with Crippen LogP contribution in [0.15, 0.2) is 4.52 Å².